The lowest BCUT2D eigenvalue weighted by atomic mass is 10.2. The van der Waals surface area contributed by atoms with Crippen LogP contribution in [0.15, 0.2) is 56.7 Å². The number of nitrogens with one attached hydrogen (secondary N) is 1. The third-order valence-electron chi connectivity index (χ3n) is 2.85. The van der Waals surface area contributed by atoms with E-state index in [0.29, 0.717) is 6.61 Å². The smallest absolute Gasteiger partial charge is 0.0587 e. The zero-order valence-electron chi connectivity index (χ0n) is 11.7. The van der Waals surface area contributed by atoms with Crippen molar-refractivity contribution >= 4 is 39.3 Å². The number of hydrogen-bond donors (Lipinski definition) is 1. The molecule has 5 heteroatoms. The number of hydrogen-bond acceptors (Lipinski definition) is 3. The van der Waals surface area contributed by atoms with Crippen molar-refractivity contribution in [3.8, 4) is 0 Å². The van der Waals surface area contributed by atoms with Crippen molar-refractivity contribution in [3.05, 3.63) is 57.5 Å². The van der Waals surface area contributed by atoms with Crippen LogP contribution in [0.25, 0.3) is 0 Å². The van der Waals surface area contributed by atoms with Gasteiger partial charge in [0.15, 0.2) is 0 Å². The summed E-state index contributed by atoms with van der Waals surface area (Å²) in [6.45, 7) is 2.38. The van der Waals surface area contributed by atoms with Gasteiger partial charge in [0.2, 0.25) is 0 Å². The second-order valence-electron chi connectivity index (χ2n) is 4.48. The summed E-state index contributed by atoms with van der Waals surface area (Å²) in [6, 6.07) is 14.2. The quantitative estimate of drug-likeness (QED) is 0.677. The fourth-order valence-corrected chi connectivity index (χ4v) is 3.64. The Morgan fingerprint density at radius 2 is 2.10 bits per heavy atom. The van der Waals surface area contributed by atoms with Gasteiger partial charge in [-0.1, -0.05) is 51.4 Å². The van der Waals surface area contributed by atoms with Crippen molar-refractivity contribution in [2.45, 2.75) is 16.3 Å². The molecule has 0 atom stereocenters. The Hall–Kier alpha value is -0.520. The van der Waals surface area contributed by atoms with E-state index in [1.807, 2.05) is 18.2 Å². The molecule has 2 nitrogen and oxygen atoms in total. The van der Waals surface area contributed by atoms with Gasteiger partial charge < -0.3 is 10.1 Å². The lowest BCUT2D eigenvalue weighted by Crippen LogP contribution is -2.18. The molecule has 112 valence electrons. The highest BCUT2D eigenvalue weighted by Crippen LogP contribution is 2.33. The molecule has 0 aliphatic rings. The number of methoxy groups -OCH3 is 1. The predicted octanol–water partition coefficient (Wildman–Crippen LogP) is 4.99. The van der Waals surface area contributed by atoms with Crippen LogP contribution in [-0.2, 0) is 11.3 Å². The summed E-state index contributed by atoms with van der Waals surface area (Å²) in [6.07, 6.45) is 0. The average Bonchev–Trinajstić information content (AvgIpc) is 2.45. The number of rotatable bonds is 7. The van der Waals surface area contributed by atoms with Gasteiger partial charge in [0.25, 0.3) is 0 Å². The largest absolute Gasteiger partial charge is 0.383 e. The molecule has 0 saturated heterocycles. The molecule has 0 bridgehead atoms. The maximum absolute atomic E-state index is 6.05. The van der Waals surface area contributed by atoms with Crippen LogP contribution in [0.5, 0.6) is 0 Å². The van der Waals surface area contributed by atoms with Gasteiger partial charge in [-0.2, -0.15) is 0 Å². The van der Waals surface area contributed by atoms with Crippen LogP contribution >= 0.6 is 39.3 Å². The van der Waals surface area contributed by atoms with Crippen LogP contribution < -0.4 is 5.32 Å². The summed E-state index contributed by atoms with van der Waals surface area (Å²) in [4.78, 5) is 2.36. The first kappa shape index (κ1) is 16.8. The van der Waals surface area contributed by atoms with Gasteiger partial charge in [-0.05, 0) is 35.9 Å². The van der Waals surface area contributed by atoms with E-state index in [0.717, 1.165) is 27.5 Å². The molecule has 0 spiro atoms. The van der Waals surface area contributed by atoms with Crippen LogP contribution in [0.3, 0.4) is 0 Å². The van der Waals surface area contributed by atoms with Crippen LogP contribution in [0, 0.1) is 0 Å². The van der Waals surface area contributed by atoms with E-state index in [1.54, 1.807) is 18.9 Å². The Labute approximate surface area is 143 Å². The van der Waals surface area contributed by atoms with Crippen molar-refractivity contribution in [1.29, 1.82) is 0 Å². The van der Waals surface area contributed by atoms with Crippen LogP contribution in [-0.4, -0.2) is 20.3 Å². The van der Waals surface area contributed by atoms with Crippen molar-refractivity contribution < 1.29 is 4.74 Å². The molecule has 0 aromatic heterocycles. The van der Waals surface area contributed by atoms with Gasteiger partial charge in [-0.25, -0.2) is 0 Å². The normalized spacial score (nSPS) is 10.8. The van der Waals surface area contributed by atoms with Crippen LogP contribution in [0.1, 0.15) is 5.56 Å². The molecule has 0 aliphatic heterocycles. The zero-order chi connectivity index (χ0) is 15.1. The molecule has 1 N–H and O–H groups in total. The first-order chi connectivity index (χ1) is 10.2. The molecule has 0 amide bonds. The highest BCUT2D eigenvalue weighted by Gasteiger charge is 2.06. The molecular formula is C16H17BrClNOS. The summed E-state index contributed by atoms with van der Waals surface area (Å²) >= 11 is 11.3. The first-order valence-electron chi connectivity index (χ1n) is 6.60. The maximum Gasteiger partial charge on any atom is 0.0587 e. The van der Waals surface area contributed by atoms with Crippen molar-refractivity contribution in [2.24, 2.45) is 0 Å². The highest BCUT2D eigenvalue weighted by molar-refractivity contribution is 9.10. The monoisotopic (exact) mass is 385 g/mol. The molecule has 0 aliphatic carbocycles. The topological polar surface area (TPSA) is 21.3 Å². The molecule has 0 saturated carbocycles. The summed E-state index contributed by atoms with van der Waals surface area (Å²) in [5.41, 5.74) is 1.26. The lowest BCUT2D eigenvalue weighted by Gasteiger charge is -2.11. The van der Waals surface area contributed by atoms with Gasteiger partial charge in [0, 0.05) is 39.5 Å². The van der Waals surface area contributed by atoms with E-state index >= 15 is 0 Å². The van der Waals surface area contributed by atoms with Crippen molar-refractivity contribution in [3.63, 3.8) is 0 Å². The molecular weight excluding hydrogens is 370 g/mol. The maximum atomic E-state index is 6.05. The minimum absolute atomic E-state index is 0.716. The van der Waals surface area contributed by atoms with Crippen molar-refractivity contribution in [1.82, 2.24) is 5.32 Å². The van der Waals surface area contributed by atoms with Crippen molar-refractivity contribution in [2.75, 3.05) is 20.3 Å². The lowest BCUT2D eigenvalue weighted by molar-refractivity contribution is 0.199. The van der Waals surface area contributed by atoms with Gasteiger partial charge in [0.1, 0.15) is 0 Å². The third kappa shape index (κ3) is 5.64. The first-order valence-corrected chi connectivity index (χ1v) is 8.59. The Balaban J connectivity index is 2.11. The minimum atomic E-state index is 0.716. The van der Waals surface area contributed by atoms with Gasteiger partial charge >= 0.3 is 0 Å². The molecule has 0 heterocycles. The summed E-state index contributed by atoms with van der Waals surface area (Å²) in [5.74, 6) is 0. The summed E-state index contributed by atoms with van der Waals surface area (Å²) in [5, 5.41) is 4.14. The van der Waals surface area contributed by atoms with E-state index in [2.05, 4.69) is 45.5 Å². The Kier molecular flexibility index (Phi) is 7.07. The van der Waals surface area contributed by atoms with E-state index < -0.39 is 0 Å². The Morgan fingerprint density at radius 1 is 1.24 bits per heavy atom. The molecule has 2 aromatic rings. The van der Waals surface area contributed by atoms with E-state index in [-0.39, 0.29) is 0 Å². The molecule has 0 fully saturated rings. The number of halogens is 2. The predicted molar refractivity (Wildman–Crippen MR) is 93.3 cm³/mol. The molecule has 21 heavy (non-hydrogen) atoms. The Bertz CT molecular complexity index is 594. The van der Waals surface area contributed by atoms with Crippen LogP contribution in [0.2, 0.25) is 5.02 Å². The molecule has 0 unspecified atom stereocenters. The second-order valence-corrected chi connectivity index (χ2v) is 6.95. The average molecular weight is 387 g/mol. The number of benzene rings is 2. The van der Waals surface area contributed by atoms with E-state index in [9.17, 15) is 0 Å². The molecule has 2 aromatic carbocycles. The highest BCUT2D eigenvalue weighted by atomic mass is 79.9. The van der Waals surface area contributed by atoms with Crippen LogP contribution in [0.4, 0.5) is 0 Å². The van der Waals surface area contributed by atoms with Gasteiger partial charge in [-0.15, -0.1) is 0 Å². The molecule has 0 radical (unpaired) electrons. The SMILES string of the molecule is COCCNCc1ccc(Br)cc1Sc1cccc(Cl)c1. The fourth-order valence-electron chi connectivity index (χ4n) is 1.82. The second kappa shape index (κ2) is 8.81. The summed E-state index contributed by atoms with van der Waals surface area (Å²) in [7, 11) is 1.71. The Morgan fingerprint density at radius 3 is 2.86 bits per heavy atom. The number of ether oxygens (including phenoxy) is 1. The molecule has 2 rings (SSSR count). The zero-order valence-corrected chi connectivity index (χ0v) is 14.9. The standard InChI is InChI=1S/C16H17BrClNOS/c1-20-8-7-19-11-12-5-6-13(17)9-16(12)21-15-4-2-3-14(18)10-15/h2-6,9-10,19H,7-8,11H2,1H3. The fraction of sp³-hybridized carbons (Fsp3) is 0.250. The minimum Gasteiger partial charge on any atom is -0.383 e. The third-order valence-corrected chi connectivity index (χ3v) is 4.67. The summed E-state index contributed by atoms with van der Waals surface area (Å²) < 4.78 is 6.12. The van der Waals surface area contributed by atoms with E-state index in [1.165, 1.54) is 10.5 Å². The van der Waals surface area contributed by atoms with E-state index in [4.69, 9.17) is 16.3 Å². The van der Waals surface area contributed by atoms with Gasteiger partial charge in [0.05, 0.1) is 6.61 Å². The van der Waals surface area contributed by atoms with Gasteiger partial charge in [-0.3, -0.25) is 0 Å².